The van der Waals surface area contributed by atoms with Crippen LogP contribution in [0.3, 0.4) is 0 Å². The molecule has 15 aromatic rings. The molecule has 2 aliphatic heterocycles. The van der Waals surface area contributed by atoms with Gasteiger partial charge in [-0.15, -0.1) is 21.9 Å². The third-order valence-electron chi connectivity index (χ3n) is 21.0. The maximum Gasteiger partial charge on any atom is 0.257 e. The summed E-state index contributed by atoms with van der Waals surface area (Å²) in [5.41, 5.74) is 22.1. The molecule has 0 unspecified atom stereocenters. The van der Waals surface area contributed by atoms with Gasteiger partial charge in [0.15, 0.2) is 5.58 Å². The number of nitrogens with zero attached hydrogens (tertiary/aromatic N) is 4. The van der Waals surface area contributed by atoms with Gasteiger partial charge in [-0.25, -0.2) is 0 Å². The molecule has 3 aromatic heterocycles. The number of fused-ring (bicyclic) bond motifs is 16. The number of para-hydroxylation sites is 2. The summed E-state index contributed by atoms with van der Waals surface area (Å²) >= 11 is 0. The van der Waals surface area contributed by atoms with Crippen LogP contribution in [0.5, 0.6) is 0 Å². The molecule has 6 nitrogen and oxygen atoms in total. The maximum absolute atomic E-state index is 10.4. The van der Waals surface area contributed by atoms with Gasteiger partial charge in [0.2, 0.25) is 0 Å². The van der Waals surface area contributed by atoms with Gasteiger partial charge in [-0.3, -0.25) is 0 Å². The summed E-state index contributed by atoms with van der Waals surface area (Å²) in [6.07, 6.45) is 0. The minimum absolute atomic E-state index is 0.0845. The second kappa shape index (κ2) is 22.4. The highest BCUT2D eigenvalue weighted by molar-refractivity contribution is 7.02. The summed E-state index contributed by atoms with van der Waals surface area (Å²) in [5, 5.41) is 14.2. The summed E-state index contributed by atoms with van der Waals surface area (Å²) in [7, 11) is 56.8. The molecule has 458 valence electrons. The summed E-state index contributed by atoms with van der Waals surface area (Å²) in [6, 6.07) is 72.0. The van der Waals surface area contributed by atoms with Crippen LogP contribution in [0, 0.1) is 11.3 Å². The maximum atomic E-state index is 10.4. The topological polar surface area (TPSA) is 61.5 Å². The zero-order valence-corrected chi connectivity index (χ0v) is 57.3. The van der Waals surface area contributed by atoms with E-state index >= 15 is 0 Å². The number of hydrogen-bond acceptors (Lipinski definition) is 5. The highest BCUT2D eigenvalue weighted by Gasteiger charge is 2.49. The molecule has 0 amide bonds. The lowest BCUT2D eigenvalue weighted by Gasteiger charge is -2.45. The van der Waals surface area contributed by atoms with Crippen molar-refractivity contribution in [3.05, 3.63) is 216 Å². The molecule has 5 heterocycles. The zero-order chi connectivity index (χ0) is 69.7. The Morgan fingerprint density at radius 2 is 0.880 bits per heavy atom. The number of benzene rings is 12. The number of rotatable bonds is 6. The van der Waals surface area contributed by atoms with Crippen LogP contribution in [-0.4, -0.2) is 74.1 Å². The van der Waals surface area contributed by atoms with Crippen molar-refractivity contribution in [1.82, 2.24) is 4.57 Å². The van der Waals surface area contributed by atoms with Crippen molar-refractivity contribution < 1.29 is 8.83 Å². The third-order valence-corrected chi connectivity index (χ3v) is 21.0. The molecule has 15 heteroatoms. The molecular formula is C85H59B9N4O2. The van der Waals surface area contributed by atoms with Crippen LogP contribution in [-0.2, 0) is 16.2 Å². The molecule has 16 radical (unpaired) electrons. The Bertz CT molecular complexity index is 6090. The Hall–Kier alpha value is -10.3. The van der Waals surface area contributed by atoms with E-state index < -0.39 is 6.71 Å². The van der Waals surface area contributed by atoms with Gasteiger partial charge >= 0.3 is 0 Å². The van der Waals surface area contributed by atoms with Gasteiger partial charge in [0, 0.05) is 71.7 Å². The molecule has 0 fully saturated rings. The van der Waals surface area contributed by atoms with Gasteiger partial charge in [0.1, 0.15) is 79.5 Å². The molecule has 17 rings (SSSR count). The van der Waals surface area contributed by atoms with Gasteiger partial charge in [-0.2, -0.15) is 5.26 Å². The van der Waals surface area contributed by atoms with Crippen LogP contribution < -0.4 is 69.9 Å². The molecule has 100 heavy (non-hydrogen) atoms. The van der Waals surface area contributed by atoms with Crippen molar-refractivity contribution >= 4 is 229 Å². The molecule has 0 saturated heterocycles. The first-order chi connectivity index (χ1) is 47.8. The molecule has 0 aliphatic carbocycles. The van der Waals surface area contributed by atoms with Crippen LogP contribution in [0.2, 0.25) is 0 Å². The van der Waals surface area contributed by atoms with Crippen LogP contribution >= 0.6 is 0 Å². The van der Waals surface area contributed by atoms with Gasteiger partial charge in [-0.1, -0.05) is 212 Å². The van der Waals surface area contributed by atoms with E-state index in [0.29, 0.717) is 44.0 Å². The number of aromatic nitrogens is 1. The van der Waals surface area contributed by atoms with Crippen molar-refractivity contribution in [2.75, 3.05) is 9.80 Å². The SMILES string of the molecule is [B]c1c([B])c([B])c2c(oc3c4c(c5oc6c([B])c([B])c([B])c([B])c6c5c32)N(c2ccccc2-c2ccccc2)c2cc(-c3cc(C(C)(C)C)cc(C(C)(C)C)c3)cc3c2B4c2ccc(-n4c5ccccc5c5cc(C#N)ccc54)cc2N3c2ccc(C(C)(C)C)cc2-c2ccccc2)c1[B]. The lowest BCUT2D eigenvalue weighted by atomic mass is 9.33. The van der Waals surface area contributed by atoms with E-state index in [9.17, 15) is 5.26 Å². The first kappa shape index (κ1) is 63.2. The Morgan fingerprint density at radius 3 is 1.50 bits per heavy atom. The van der Waals surface area contributed by atoms with Crippen molar-refractivity contribution in [2.24, 2.45) is 0 Å². The fourth-order valence-electron chi connectivity index (χ4n) is 15.7. The second-order valence-corrected chi connectivity index (χ2v) is 30.1. The Morgan fingerprint density at radius 1 is 0.360 bits per heavy atom. The van der Waals surface area contributed by atoms with Crippen molar-refractivity contribution in [3.8, 4) is 45.1 Å². The second-order valence-electron chi connectivity index (χ2n) is 30.1. The van der Waals surface area contributed by atoms with E-state index in [0.717, 1.165) is 106 Å². The van der Waals surface area contributed by atoms with Gasteiger partial charge in [0.05, 0.1) is 39.7 Å². The third kappa shape index (κ3) is 9.27. The monoisotopic (exact) mass is 1270 g/mol. The summed E-state index contributed by atoms with van der Waals surface area (Å²) in [4.78, 5) is 4.85. The lowest BCUT2D eigenvalue weighted by molar-refractivity contribution is 0.569. The van der Waals surface area contributed by atoms with E-state index in [1.165, 1.54) is 16.7 Å². The fourth-order valence-corrected chi connectivity index (χ4v) is 15.7. The van der Waals surface area contributed by atoms with E-state index in [1.807, 2.05) is 18.2 Å². The molecule has 0 bridgehead atoms. The molecule has 0 atom stereocenters. The van der Waals surface area contributed by atoms with E-state index in [2.05, 4.69) is 259 Å². The van der Waals surface area contributed by atoms with Crippen LogP contribution in [0.1, 0.15) is 84.6 Å². The number of hydrogen-bond donors (Lipinski definition) is 0. The van der Waals surface area contributed by atoms with Crippen LogP contribution in [0.25, 0.3) is 105 Å². The predicted octanol–water partition coefficient (Wildman–Crippen LogP) is 11.8. The highest BCUT2D eigenvalue weighted by atomic mass is 16.3. The fraction of sp³-hybridized carbons (Fsp3) is 0.141. The molecule has 2 aliphatic rings. The van der Waals surface area contributed by atoms with E-state index in [-0.39, 0.29) is 71.1 Å². The summed E-state index contributed by atoms with van der Waals surface area (Å²) in [6.45, 7) is 19.8. The Labute approximate surface area is 594 Å². The van der Waals surface area contributed by atoms with Gasteiger partial charge in [0.25, 0.3) is 6.71 Å². The summed E-state index contributed by atoms with van der Waals surface area (Å²) < 4.78 is 17.5. The minimum atomic E-state index is -0.687. The quantitative estimate of drug-likeness (QED) is 0.155. The smallest absolute Gasteiger partial charge is 0.257 e. The number of anilines is 6. The van der Waals surface area contributed by atoms with Crippen LogP contribution in [0.4, 0.5) is 34.1 Å². The van der Waals surface area contributed by atoms with Crippen LogP contribution in [0.15, 0.2) is 203 Å². The van der Waals surface area contributed by atoms with Gasteiger partial charge < -0.3 is 23.2 Å². The lowest BCUT2D eigenvalue weighted by Crippen LogP contribution is -2.61. The predicted molar refractivity (Wildman–Crippen MR) is 430 cm³/mol. The number of furan rings is 2. The van der Waals surface area contributed by atoms with E-state index in [4.69, 9.17) is 71.6 Å². The zero-order valence-electron chi connectivity index (χ0n) is 57.3. The standard InChI is InChI=1S/C85H59B9N4O2/c1-83(2,3)48-29-33-59(54(40-48)45-22-14-11-15-23-45)97-61-41-51(96-58-27-19-17-25-53(58)55-34-43(42-95)28-32-60(55)96)30-31-56(61)94-76-62(97)37-47(46-35-49(84(4,5)6)39-50(36-46)85(7,8)9)38-63(76)98(57-26-18-16-24-52(57)44-20-12-10-13-21-44)78-77(94)81-64(66-68(86)70(88)72(90)74(92)79(66)99-81)65-67-69(87)71(89)73(91)75(93)80(67)100-82(65)78/h10-41H,1-9H3. The minimum Gasteiger partial charge on any atom is -0.457 e. The Balaban J connectivity index is 1.13. The Kier molecular flexibility index (Phi) is 14.1. The average molecular weight is 1270 g/mol. The summed E-state index contributed by atoms with van der Waals surface area (Å²) in [5.74, 6) is 0. The highest BCUT2D eigenvalue weighted by Crippen LogP contribution is 2.55. The van der Waals surface area contributed by atoms with Gasteiger partial charge in [-0.05, 0) is 133 Å². The molecule has 0 N–H and O–H groups in total. The average Bonchev–Trinajstić information content (AvgIpc) is 1.30. The largest absolute Gasteiger partial charge is 0.457 e. The molecule has 12 aromatic carbocycles. The van der Waals surface area contributed by atoms with Crippen molar-refractivity contribution in [1.29, 1.82) is 5.26 Å². The molecule has 0 saturated carbocycles. The van der Waals surface area contributed by atoms with E-state index in [1.54, 1.807) is 0 Å². The number of nitriles is 1. The molecule has 0 spiro atoms. The molecular weight excluding hydrogens is 1210 g/mol. The van der Waals surface area contributed by atoms with Crippen molar-refractivity contribution in [2.45, 2.75) is 78.6 Å². The van der Waals surface area contributed by atoms with Crippen molar-refractivity contribution in [3.63, 3.8) is 0 Å². The normalized spacial score (nSPS) is 13.1. The first-order valence-corrected chi connectivity index (χ1v) is 33.8. The first-order valence-electron chi connectivity index (χ1n) is 33.8.